The molecule has 3 heteroatoms. The molecular weight excluding hydrogens is 298 g/mol. The van der Waals surface area contributed by atoms with Crippen LogP contribution < -0.4 is 10.1 Å². The molecule has 3 nitrogen and oxygen atoms in total. The van der Waals surface area contributed by atoms with Gasteiger partial charge in [0.2, 0.25) is 0 Å². The van der Waals surface area contributed by atoms with E-state index in [1.807, 2.05) is 45.0 Å². The second kappa shape index (κ2) is 8.00. The molecule has 0 bridgehead atoms. The first kappa shape index (κ1) is 18.1. The van der Waals surface area contributed by atoms with Gasteiger partial charge in [0.15, 0.2) is 6.10 Å². The van der Waals surface area contributed by atoms with Crippen LogP contribution in [0.2, 0.25) is 0 Å². The smallest absolute Gasteiger partial charge is 0.265 e. The highest BCUT2D eigenvalue weighted by Crippen LogP contribution is 2.23. The Morgan fingerprint density at radius 3 is 2.12 bits per heavy atom. The van der Waals surface area contributed by atoms with Crippen LogP contribution in [-0.2, 0) is 11.2 Å². The molecule has 1 atom stereocenters. The molecule has 0 fully saturated rings. The normalized spacial score (nSPS) is 11.9. The molecule has 0 aromatic heterocycles. The van der Waals surface area contributed by atoms with Crippen molar-refractivity contribution in [3.05, 3.63) is 58.7 Å². The first-order valence-corrected chi connectivity index (χ1v) is 8.58. The van der Waals surface area contributed by atoms with E-state index in [2.05, 4.69) is 31.3 Å². The van der Waals surface area contributed by atoms with Crippen LogP contribution in [0, 0.1) is 20.8 Å². The number of benzene rings is 2. The second-order valence-corrected chi connectivity index (χ2v) is 6.28. The third-order valence-corrected chi connectivity index (χ3v) is 4.20. The summed E-state index contributed by atoms with van der Waals surface area (Å²) >= 11 is 0. The molecule has 2 aromatic carbocycles. The van der Waals surface area contributed by atoms with Crippen molar-refractivity contribution in [2.24, 2.45) is 0 Å². The minimum Gasteiger partial charge on any atom is -0.481 e. The number of aryl methyl sites for hydroxylation is 4. The van der Waals surface area contributed by atoms with Crippen LogP contribution in [0.3, 0.4) is 0 Å². The summed E-state index contributed by atoms with van der Waals surface area (Å²) in [5.41, 5.74) is 5.48. The SMILES string of the molecule is CCc1ccc(OC(CC)C(=O)Nc2c(C)cc(C)cc2C)cc1. The standard InChI is InChI=1S/C21H27NO2/c1-6-17-8-10-18(11-9-17)24-19(7-2)21(23)22-20-15(4)12-14(3)13-16(20)5/h8-13,19H,6-7H2,1-5H3,(H,22,23). The van der Waals surface area contributed by atoms with Crippen LogP contribution >= 0.6 is 0 Å². The van der Waals surface area contributed by atoms with E-state index in [9.17, 15) is 4.79 Å². The molecule has 0 saturated carbocycles. The fourth-order valence-corrected chi connectivity index (χ4v) is 2.87. The number of ether oxygens (including phenoxy) is 1. The number of hydrogen-bond acceptors (Lipinski definition) is 2. The van der Waals surface area contributed by atoms with E-state index in [0.29, 0.717) is 6.42 Å². The Morgan fingerprint density at radius 2 is 1.62 bits per heavy atom. The number of carbonyl (C=O) groups excluding carboxylic acids is 1. The summed E-state index contributed by atoms with van der Waals surface area (Å²) in [7, 11) is 0. The quantitative estimate of drug-likeness (QED) is 0.814. The van der Waals surface area contributed by atoms with E-state index in [0.717, 1.165) is 29.0 Å². The number of carbonyl (C=O) groups is 1. The van der Waals surface area contributed by atoms with Crippen molar-refractivity contribution in [3.8, 4) is 5.75 Å². The van der Waals surface area contributed by atoms with Crippen LogP contribution in [0.4, 0.5) is 5.69 Å². The summed E-state index contributed by atoms with van der Waals surface area (Å²) in [6, 6.07) is 12.1. The Balaban J connectivity index is 2.11. The predicted molar refractivity (Wildman–Crippen MR) is 99.8 cm³/mol. The van der Waals surface area contributed by atoms with Gasteiger partial charge < -0.3 is 10.1 Å². The van der Waals surface area contributed by atoms with E-state index in [1.54, 1.807) is 0 Å². The molecule has 2 rings (SSSR count). The Hall–Kier alpha value is -2.29. The number of nitrogens with one attached hydrogen (secondary N) is 1. The predicted octanol–water partition coefficient (Wildman–Crippen LogP) is 4.97. The Bertz CT molecular complexity index is 681. The lowest BCUT2D eigenvalue weighted by molar-refractivity contribution is -0.122. The van der Waals surface area contributed by atoms with E-state index >= 15 is 0 Å². The van der Waals surface area contributed by atoms with Crippen molar-refractivity contribution >= 4 is 11.6 Å². The largest absolute Gasteiger partial charge is 0.481 e. The van der Waals surface area contributed by atoms with E-state index in [-0.39, 0.29) is 5.91 Å². The van der Waals surface area contributed by atoms with Crippen molar-refractivity contribution in [2.75, 3.05) is 5.32 Å². The molecule has 2 aromatic rings. The van der Waals surface area contributed by atoms with Gasteiger partial charge in [-0.05, 0) is 62.4 Å². The van der Waals surface area contributed by atoms with Gasteiger partial charge in [-0.25, -0.2) is 0 Å². The summed E-state index contributed by atoms with van der Waals surface area (Å²) in [4.78, 5) is 12.6. The molecular formula is C21H27NO2. The molecule has 0 aliphatic heterocycles. The van der Waals surface area contributed by atoms with Gasteiger partial charge in [-0.1, -0.05) is 43.7 Å². The van der Waals surface area contributed by atoms with Gasteiger partial charge in [-0.3, -0.25) is 4.79 Å². The van der Waals surface area contributed by atoms with Crippen molar-refractivity contribution in [2.45, 2.75) is 53.6 Å². The molecule has 0 aliphatic rings. The summed E-state index contributed by atoms with van der Waals surface area (Å²) < 4.78 is 5.89. The summed E-state index contributed by atoms with van der Waals surface area (Å²) in [5.74, 6) is 0.624. The topological polar surface area (TPSA) is 38.3 Å². The zero-order valence-electron chi connectivity index (χ0n) is 15.3. The Kier molecular flexibility index (Phi) is 6.02. The third-order valence-electron chi connectivity index (χ3n) is 4.20. The van der Waals surface area contributed by atoms with Gasteiger partial charge in [-0.15, -0.1) is 0 Å². The lowest BCUT2D eigenvalue weighted by atomic mass is 10.0. The van der Waals surface area contributed by atoms with Gasteiger partial charge >= 0.3 is 0 Å². The lowest BCUT2D eigenvalue weighted by Gasteiger charge is -2.19. The maximum absolute atomic E-state index is 12.6. The summed E-state index contributed by atoms with van der Waals surface area (Å²) in [6.07, 6.45) is 1.10. The van der Waals surface area contributed by atoms with E-state index in [4.69, 9.17) is 4.74 Å². The molecule has 24 heavy (non-hydrogen) atoms. The fourth-order valence-electron chi connectivity index (χ4n) is 2.87. The van der Waals surface area contributed by atoms with Crippen LogP contribution in [0.15, 0.2) is 36.4 Å². The minimum atomic E-state index is -0.502. The average Bonchev–Trinajstić information content (AvgIpc) is 2.56. The van der Waals surface area contributed by atoms with E-state index in [1.165, 1.54) is 11.1 Å². The maximum atomic E-state index is 12.6. The highest BCUT2D eigenvalue weighted by atomic mass is 16.5. The molecule has 1 N–H and O–H groups in total. The number of anilines is 1. The molecule has 0 heterocycles. The molecule has 1 amide bonds. The molecule has 0 radical (unpaired) electrons. The first-order valence-electron chi connectivity index (χ1n) is 8.58. The monoisotopic (exact) mass is 325 g/mol. The molecule has 0 saturated heterocycles. The van der Waals surface area contributed by atoms with Crippen LogP contribution in [-0.4, -0.2) is 12.0 Å². The number of amides is 1. The number of rotatable bonds is 6. The van der Waals surface area contributed by atoms with E-state index < -0.39 is 6.10 Å². The van der Waals surface area contributed by atoms with Crippen molar-refractivity contribution in [1.29, 1.82) is 0 Å². The van der Waals surface area contributed by atoms with Gasteiger partial charge in [0.05, 0.1) is 0 Å². The first-order chi connectivity index (χ1) is 11.4. The van der Waals surface area contributed by atoms with Gasteiger partial charge in [-0.2, -0.15) is 0 Å². The van der Waals surface area contributed by atoms with Crippen molar-refractivity contribution in [1.82, 2.24) is 0 Å². The highest BCUT2D eigenvalue weighted by Gasteiger charge is 2.20. The minimum absolute atomic E-state index is 0.105. The highest BCUT2D eigenvalue weighted by molar-refractivity contribution is 5.95. The van der Waals surface area contributed by atoms with Crippen LogP contribution in [0.25, 0.3) is 0 Å². The third kappa shape index (κ3) is 4.38. The zero-order valence-corrected chi connectivity index (χ0v) is 15.3. The van der Waals surface area contributed by atoms with Gasteiger partial charge in [0.1, 0.15) is 5.75 Å². The molecule has 0 aliphatic carbocycles. The fraction of sp³-hybridized carbons (Fsp3) is 0.381. The lowest BCUT2D eigenvalue weighted by Crippen LogP contribution is -2.32. The Morgan fingerprint density at radius 1 is 1.04 bits per heavy atom. The van der Waals surface area contributed by atoms with Gasteiger partial charge in [0.25, 0.3) is 5.91 Å². The second-order valence-electron chi connectivity index (χ2n) is 6.28. The summed E-state index contributed by atoms with van der Waals surface area (Å²) in [5, 5.41) is 3.04. The van der Waals surface area contributed by atoms with Gasteiger partial charge in [0, 0.05) is 5.69 Å². The molecule has 128 valence electrons. The van der Waals surface area contributed by atoms with Crippen LogP contribution in [0.1, 0.15) is 42.5 Å². The molecule has 0 spiro atoms. The van der Waals surface area contributed by atoms with Crippen LogP contribution in [0.5, 0.6) is 5.75 Å². The van der Waals surface area contributed by atoms with Crippen molar-refractivity contribution < 1.29 is 9.53 Å². The Labute approximate surface area is 145 Å². The maximum Gasteiger partial charge on any atom is 0.265 e. The van der Waals surface area contributed by atoms with Crippen molar-refractivity contribution in [3.63, 3.8) is 0 Å². The average molecular weight is 325 g/mol. The number of hydrogen-bond donors (Lipinski definition) is 1. The summed E-state index contributed by atoms with van der Waals surface area (Å²) in [6.45, 7) is 10.2. The zero-order chi connectivity index (χ0) is 17.7. The molecule has 1 unspecified atom stereocenters.